The molecule has 1 aromatic carbocycles. The van der Waals surface area contributed by atoms with Gasteiger partial charge >= 0.3 is 0 Å². The molecule has 1 aliphatic heterocycles. The molecule has 0 bridgehead atoms. The number of hydrogen-bond donors (Lipinski definition) is 2. The van der Waals surface area contributed by atoms with E-state index >= 15 is 0 Å². The first kappa shape index (κ1) is 18.8. The fourth-order valence-electron chi connectivity index (χ4n) is 4.90. The first-order chi connectivity index (χ1) is 12.6. The topological polar surface area (TPSA) is 76.2 Å². The third-order valence-electron chi connectivity index (χ3n) is 6.14. The van der Waals surface area contributed by atoms with Crippen molar-refractivity contribution in [1.82, 2.24) is 0 Å². The predicted octanol–water partition coefficient (Wildman–Crippen LogP) is 1.49. The standard InChI is InChI=1S/C20H28N2O4/c1-24-16-12-14(13-17(25-2)19(16)26-3)18-15-6-4-5-7-20(15,23)8-10-22(18)11-9-21/h12-13,15,18,23H,4-8,10-11H2,1-3H3/p+1/t15-,18+,20-/m0/s1. The average molecular weight is 361 g/mol. The van der Waals surface area contributed by atoms with Crippen LogP contribution in [-0.4, -0.2) is 45.1 Å². The molecule has 0 spiro atoms. The second kappa shape index (κ2) is 7.73. The normalized spacial score (nSPS) is 30.8. The number of piperidine rings is 1. The summed E-state index contributed by atoms with van der Waals surface area (Å²) in [4.78, 5) is 1.21. The van der Waals surface area contributed by atoms with Gasteiger partial charge in [-0.1, -0.05) is 12.8 Å². The van der Waals surface area contributed by atoms with Crippen molar-refractivity contribution in [2.24, 2.45) is 5.92 Å². The van der Waals surface area contributed by atoms with E-state index in [1.165, 1.54) is 4.90 Å². The van der Waals surface area contributed by atoms with Gasteiger partial charge in [0, 0.05) is 17.9 Å². The molecule has 1 unspecified atom stereocenters. The van der Waals surface area contributed by atoms with Gasteiger partial charge in [0.25, 0.3) is 0 Å². The quantitative estimate of drug-likeness (QED) is 0.777. The van der Waals surface area contributed by atoms with Crippen molar-refractivity contribution in [3.8, 4) is 23.3 Å². The van der Waals surface area contributed by atoms with Crippen molar-refractivity contribution in [1.29, 1.82) is 5.26 Å². The van der Waals surface area contributed by atoms with E-state index < -0.39 is 5.60 Å². The molecule has 1 aliphatic carbocycles. The molecule has 0 radical (unpaired) electrons. The van der Waals surface area contributed by atoms with Crippen LogP contribution in [0.25, 0.3) is 0 Å². The van der Waals surface area contributed by atoms with Gasteiger partial charge in [-0.15, -0.1) is 0 Å². The SMILES string of the molecule is COc1cc([C@@H]2[C@@H]3CCCC[C@]3(O)CC[NH+]2CC#N)cc(OC)c1OC. The van der Waals surface area contributed by atoms with Crippen LogP contribution in [0.1, 0.15) is 43.7 Å². The number of hydrogen-bond acceptors (Lipinski definition) is 5. The van der Waals surface area contributed by atoms with Crippen LogP contribution in [0, 0.1) is 17.2 Å². The van der Waals surface area contributed by atoms with Gasteiger partial charge in [0.05, 0.1) is 33.5 Å². The van der Waals surface area contributed by atoms with E-state index in [2.05, 4.69) is 6.07 Å². The number of methoxy groups -OCH3 is 3. The zero-order chi connectivity index (χ0) is 18.7. The highest BCUT2D eigenvalue weighted by Gasteiger charge is 2.51. The molecular weight excluding hydrogens is 332 g/mol. The summed E-state index contributed by atoms with van der Waals surface area (Å²) in [7, 11) is 4.81. The van der Waals surface area contributed by atoms with Crippen molar-refractivity contribution in [3.63, 3.8) is 0 Å². The van der Waals surface area contributed by atoms with Crippen LogP contribution < -0.4 is 19.1 Å². The summed E-state index contributed by atoms with van der Waals surface area (Å²) in [5.74, 6) is 1.93. The summed E-state index contributed by atoms with van der Waals surface area (Å²) in [6.07, 6.45) is 4.77. The Bertz CT molecular complexity index is 662. The fraction of sp³-hybridized carbons (Fsp3) is 0.650. The first-order valence-electron chi connectivity index (χ1n) is 9.31. The van der Waals surface area contributed by atoms with Crippen molar-refractivity contribution in [2.45, 2.75) is 43.7 Å². The Morgan fingerprint density at radius 3 is 2.42 bits per heavy atom. The highest BCUT2D eigenvalue weighted by atomic mass is 16.5. The number of fused-ring (bicyclic) bond motifs is 1. The minimum absolute atomic E-state index is 0.0439. The van der Waals surface area contributed by atoms with Crippen LogP contribution in [-0.2, 0) is 0 Å². The Hall–Kier alpha value is -1.97. The predicted molar refractivity (Wildman–Crippen MR) is 96.7 cm³/mol. The number of aliphatic hydroxyl groups is 1. The van der Waals surface area contributed by atoms with E-state index in [1.54, 1.807) is 21.3 Å². The lowest BCUT2D eigenvalue weighted by Crippen LogP contribution is -3.15. The number of nitrogens with zero attached hydrogens (tertiary/aromatic N) is 1. The maximum atomic E-state index is 11.3. The van der Waals surface area contributed by atoms with Crippen LogP contribution in [0.2, 0.25) is 0 Å². The molecule has 0 aromatic heterocycles. The molecule has 142 valence electrons. The summed E-state index contributed by atoms with van der Waals surface area (Å²) in [5, 5.41) is 20.6. The summed E-state index contributed by atoms with van der Waals surface area (Å²) in [6, 6.07) is 6.31. The molecule has 2 fully saturated rings. The molecule has 6 nitrogen and oxygen atoms in total. The van der Waals surface area contributed by atoms with Gasteiger partial charge in [0.2, 0.25) is 5.75 Å². The van der Waals surface area contributed by atoms with E-state index in [-0.39, 0.29) is 12.0 Å². The van der Waals surface area contributed by atoms with Crippen LogP contribution in [0.15, 0.2) is 12.1 Å². The van der Waals surface area contributed by atoms with Crippen molar-refractivity contribution in [2.75, 3.05) is 34.4 Å². The van der Waals surface area contributed by atoms with E-state index in [9.17, 15) is 10.4 Å². The van der Waals surface area contributed by atoms with Crippen LogP contribution >= 0.6 is 0 Å². The van der Waals surface area contributed by atoms with Gasteiger partial charge in [-0.2, -0.15) is 5.26 Å². The Balaban J connectivity index is 2.08. The van der Waals surface area contributed by atoms with Crippen LogP contribution in [0.3, 0.4) is 0 Å². The average Bonchev–Trinajstić information content (AvgIpc) is 2.66. The van der Waals surface area contributed by atoms with Crippen LogP contribution in [0.4, 0.5) is 0 Å². The van der Waals surface area contributed by atoms with Gasteiger partial charge in [-0.25, -0.2) is 0 Å². The third-order valence-corrected chi connectivity index (χ3v) is 6.14. The Kier molecular flexibility index (Phi) is 5.59. The van der Waals surface area contributed by atoms with Gasteiger partial charge in [-0.05, 0) is 25.0 Å². The molecule has 1 saturated heterocycles. The van der Waals surface area contributed by atoms with Gasteiger partial charge in [-0.3, -0.25) is 0 Å². The summed E-state index contributed by atoms with van der Waals surface area (Å²) < 4.78 is 16.5. The molecule has 26 heavy (non-hydrogen) atoms. The highest BCUT2D eigenvalue weighted by Crippen LogP contribution is 2.47. The highest BCUT2D eigenvalue weighted by molar-refractivity contribution is 5.54. The molecule has 0 amide bonds. The molecule has 6 heteroatoms. The lowest BCUT2D eigenvalue weighted by Gasteiger charge is -2.49. The maximum absolute atomic E-state index is 11.3. The molecular formula is C20H29N2O4+. The van der Waals surface area contributed by atoms with E-state index in [0.717, 1.165) is 44.2 Å². The molecule has 1 aromatic rings. The lowest BCUT2D eigenvalue weighted by molar-refractivity contribution is -0.938. The number of rotatable bonds is 5. The molecule has 2 N–H and O–H groups in total. The zero-order valence-corrected chi connectivity index (χ0v) is 15.9. The molecule has 1 heterocycles. The Morgan fingerprint density at radius 1 is 1.15 bits per heavy atom. The van der Waals surface area contributed by atoms with Crippen LogP contribution in [0.5, 0.6) is 17.2 Å². The minimum Gasteiger partial charge on any atom is -0.493 e. The van der Waals surface area contributed by atoms with E-state index in [1.807, 2.05) is 12.1 Å². The van der Waals surface area contributed by atoms with Crippen molar-refractivity contribution >= 4 is 0 Å². The molecule has 4 atom stereocenters. The minimum atomic E-state index is -0.637. The largest absolute Gasteiger partial charge is 0.493 e. The maximum Gasteiger partial charge on any atom is 0.203 e. The Morgan fingerprint density at radius 2 is 1.85 bits per heavy atom. The summed E-state index contributed by atoms with van der Waals surface area (Å²) >= 11 is 0. The van der Waals surface area contributed by atoms with Crippen molar-refractivity contribution in [3.05, 3.63) is 17.7 Å². The number of quaternary nitrogens is 1. The lowest BCUT2D eigenvalue weighted by atomic mass is 9.66. The molecule has 1 saturated carbocycles. The Labute approximate surface area is 155 Å². The van der Waals surface area contributed by atoms with Crippen molar-refractivity contribution < 1.29 is 24.2 Å². The fourth-order valence-corrected chi connectivity index (χ4v) is 4.90. The number of likely N-dealkylation sites (tertiary alicyclic amines) is 1. The first-order valence-corrected chi connectivity index (χ1v) is 9.31. The summed E-state index contributed by atoms with van der Waals surface area (Å²) in [6.45, 7) is 1.22. The number of benzene rings is 1. The number of ether oxygens (including phenoxy) is 3. The summed E-state index contributed by atoms with van der Waals surface area (Å²) in [5.41, 5.74) is 0.400. The van der Waals surface area contributed by atoms with Gasteiger partial charge < -0.3 is 24.2 Å². The second-order valence-electron chi connectivity index (χ2n) is 7.39. The second-order valence-corrected chi connectivity index (χ2v) is 7.39. The molecule has 2 aliphatic rings. The monoisotopic (exact) mass is 361 g/mol. The van der Waals surface area contributed by atoms with Gasteiger partial charge in [0.15, 0.2) is 18.0 Å². The third kappa shape index (κ3) is 3.22. The van der Waals surface area contributed by atoms with E-state index in [0.29, 0.717) is 23.8 Å². The molecule has 3 rings (SSSR count). The number of nitrogens with one attached hydrogen (secondary N) is 1. The number of nitriles is 1. The van der Waals surface area contributed by atoms with Gasteiger partial charge in [0.1, 0.15) is 12.1 Å². The van der Waals surface area contributed by atoms with E-state index in [4.69, 9.17) is 14.2 Å². The smallest absolute Gasteiger partial charge is 0.203 e. The zero-order valence-electron chi connectivity index (χ0n) is 15.9.